The number of benzene rings is 2. The maximum absolute atomic E-state index is 13.8. The van der Waals surface area contributed by atoms with Crippen molar-refractivity contribution < 1.29 is 18.4 Å². The summed E-state index contributed by atoms with van der Waals surface area (Å²) in [5, 5.41) is 6.38. The van der Waals surface area contributed by atoms with Gasteiger partial charge in [-0.25, -0.2) is 4.39 Å². The van der Waals surface area contributed by atoms with Gasteiger partial charge in [-0.2, -0.15) is 0 Å². The van der Waals surface area contributed by atoms with E-state index in [0.717, 1.165) is 22.6 Å². The number of aromatic nitrogens is 1. The molecule has 0 saturated carbocycles. The predicted octanol–water partition coefficient (Wildman–Crippen LogP) is 4.84. The number of amides is 1. The van der Waals surface area contributed by atoms with Crippen LogP contribution in [0.5, 0.6) is 5.75 Å². The van der Waals surface area contributed by atoms with E-state index in [0.29, 0.717) is 12.4 Å². The van der Waals surface area contributed by atoms with Gasteiger partial charge in [0.25, 0.3) is 0 Å². The third-order valence-electron chi connectivity index (χ3n) is 4.08. The summed E-state index contributed by atoms with van der Waals surface area (Å²) in [6.45, 7) is 4.05. The monoisotopic (exact) mass is 388 g/mol. The molecule has 5 nitrogen and oxygen atoms in total. The van der Waals surface area contributed by atoms with Crippen molar-refractivity contribution in [3.63, 3.8) is 0 Å². The van der Waals surface area contributed by atoms with Gasteiger partial charge in [0.15, 0.2) is 5.82 Å². The molecule has 1 heterocycles. The van der Waals surface area contributed by atoms with E-state index in [4.69, 9.17) is 20.9 Å². The first-order chi connectivity index (χ1) is 12.9. The van der Waals surface area contributed by atoms with Crippen LogP contribution in [0.25, 0.3) is 0 Å². The lowest BCUT2D eigenvalue weighted by molar-refractivity contribution is -0.115. The highest BCUT2D eigenvalue weighted by Crippen LogP contribution is 2.22. The summed E-state index contributed by atoms with van der Waals surface area (Å²) < 4.78 is 24.7. The minimum absolute atomic E-state index is 0.0346. The Hall–Kier alpha value is -2.86. The molecule has 140 valence electrons. The number of carbonyl (C=O) groups excluding carboxylic acids is 1. The molecule has 7 heteroatoms. The van der Waals surface area contributed by atoms with Gasteiger partial charge in [0.1, 0.15) is 18.1 Å². The summed E-state index contributed by atoms with van der Waals surface area (Å²) in [5.41, 5.74) is 2.56. The minimum Gasteiger partial charge on any atom is -0.489 e. The molecular formula is C20H18ClFN2O3. The SMILES string of the molecule is Cc1noc(C)c1COc1ccc(CC(=O)Nc2cccc(Cl)c2F)cc1. The van der Waals surface area contributed by atoms with Crippen molar-refractivity contribution in [1.82, 2.24) is 5.16 Å². The molecule has 0 aliphatic rings. The molecule has 1 aromatic heterocycles. The van der Waals surface area contributed by atoms with E-state index in [1.165, 1.54) is 12.1 Å². The van der Waals surface area contributed by atoms with E-state index in [2.05, 4.69) is 10.5 Å². The van der Waals surface area contributed by atoms with Gasteiger partial charge >= 0.3 is 0 Å². The Kier molecular flexibility index (Phi) is 5.76. The zero-order valence-electron chi connectivity index (χ0n) is 14.9. The topological polar surface area (TPSA) is 64.4 Å². The van der Waals surface area contributed by atoms with E-state index in [1.807, 2.05) is 13.8 Å². The van der Waals surface area contributed by atoms with Crippen LogP contribution in [0.4, 0.5) is 10.1 Å². The van der Waals surface area contributed by atoms with Crippen LogP contribution in [0.3, 0.4) is 0 Å². The summed E-state index contributed by atoms with van der Waals surface area (Å²) >= 11 is 5.71. The lowest BCUT2D eigenvalue weighted by Crippen LogP contribution is -2.15. The van der Waals surface area contributed by atoms with Gasteiger partial charge in [-0.05, 0) is 43.7 Å². The van der Waals surface area contributed by atoms with Crippen molar-refractivity contribution in [2.45, 2.75) is 26.9 Å². The number of nitrogens with zero attached hydrogens (tertiary/aromatic N) is 1. The Morgan fingerprint density at radius 1 is 1.22 bits per heavy atom. The van der Waals surface area contributed by atoms with Crippen LogP contribution in [0.15, 0.2) is 47.0 Å². The number of halogens is 2. The molecule has 0 spiro atoms. The maximum Gasteiger partial charge on any atom is 0.228 e. The summed E-state index contributed by atoms with van der Waals surface area (Å²) in [7, 11) is 0. The van der Waals surface area contributed by atoms with Crippen LogP contribution in [0.2, 0.25) is 5.02 Å². The zero-order chi connectivity index (χ0) is 19.4. The van der Waals surface area contributed by atoms with Gasteiger partial charge in [0.05, 0.1) is 28.4 Å². The zero-order valence-corrected chi connectivity index (χ0v) is 15.6. The number of hydrogen-bond donors (Lipinski definition) is 1. The van der Waals surface area contributed by atoms with E-state index in [9.17, 15) is 9.18 Å². The van der Waals surface area contributed by atoms with Crippen LogP contribution < -0.4 is 10.1 Å². The van der Waals surface area contributed by atoms with Crippen molar-refractivity contribution in [3.05, 3.63) is 75.9 Å². The number of anilines is 1. The Bertz CT molecular complexity index is 935. The van der Waals surface area contributed by atoms with E-state index in [1.54, 1.807) is 30.3 Å². The normalized spacial score (nSPS) is 10.7. The fourth-order valence-corrected chi connectivity index (χ4v) is 2.72. The van der Waals surface area contributed by atoms with Crippen molar-refractivity contribution in [3.8, 4) is 5.75 Å². The molecular weight excluding hydrogens is 371 g/mol. The quantitative estimate of drug-likeness (QED) is 0.656. The smallest absolute Gasteiger partial charge is 0.228 e. The van der Waals surface area contributed by atoms with Gasteiger partial charge in [0.2, 0.25) is 5.91 Å². The molecule has 1 N–H and O–H groups in total. The van der Waals surface area contributed by atoms with Gasteiger partial charge in [0, 0.05) is 0 Å². The number of ether oxygens (including phenoxy) is 1. The number of rotatable bonds is 6. The average Bonchev–Trinajstić information content (AvgIpc) is 2.96. The number of aryl methyl sites for hydroxylation is 2. The second-order valence-corrected chi connectivity index (χ2v) is 6.47. The fraction of sp³-hybridized carbons (Fsp3) is 0.200. The van der Waals surface area contributed by atoms with E-state index >= 15 is 0 Å². The van der Waals surface area contributed by atoms with Crippen LogP contribution in [0.1, 0.15) is 22.6 Å². The molecule has 0 saturated heterocycles. The van der Waals surface area contributed by atoms with Crippen molar-refractivity contribution >= 4 is 23.2 Å². The van der Waals surface area contributed by atoms with Crippen LogP contribution in [-0.4, -0.2) is 11.1 Å². The van der Waals surface area contributed by atoms with E-state index < -0.39 is 5.82 Å². The first-order valence-electron chi connectivity index (χ1n) is 8.31. The molecule has 0 aliphatic carbocycles. The molecule has 27 heavy (non-hydrogen) atoms. The minimum atomic E-state index is -0.643. The van der Waals surface area contributed by atoms with Crippen molar-refractivity contribution in [2.24, 2.45) is 0 Å². The molecule has 0 radical (unpaired) electrons. The van der Waals surface area contributed by atoms with Crippen LogP contribution >= 0.6 is 11.6 Å². The lowest BCUT2D eigenvalue weighted by atomic mass is 10.1. The fourth-order valence-electron chi connectivity index (χ4n) is 2.55. The highest BCUT2D eigenvalue weighted by atomic mass is 35.5. The molecule has 2 aromatic carbocycles. The number of hydrogen-bond acceptors (Lipinski definition) is 4. The third-order valence-corrected chi connectivity index (χ3v) is 4.37. The van der Waals surface area contributed by atoms with E-state index in [-0.39, 0.29) is 23.0 Å². The third kappa shape index (κ3) is 4.65. The second kappa shape index (κ2) is 8.22. The average molecular weight is 389 g/mol. The molecule has 3 aromatic rings. The molecule has 0 aliphatic heterocycles. The Labute approximate surface area is 161 Å². The Morgan fingerprint density at radius 3 is 2.63 bits per heavy atom. The largest absolute Gasteiger partial charge is 0.489 e. The molecule has 3 rings (SSSR count). The first-order valence-corrected chi connectivity index (χ1v) is 8.69. The molecule has 1 amide bonds. The summed E-state index contributed by atoms with van der Waals surface area (Å²) in [6, 6.07) is 11.6. The van der Waals surface area contributed by atoms with Gasteiger partial charge in [-0.15, -0.1) is 0 Å². The number of nitrogens with one attached hydrogen (secondary N) is 1. The second-order valence-electron chi connectivity index (χ2n) is 6.06. The molecule has 0 bridgehead atoms. The summed E-state index contributed by atoms with van der Waals surface area (Å²) in [5.74, 6) is 0.422. The maximum atomic E-state index is 13.8. The summed E-state index contributed by atoms with van der Waals surface area (Å²) in [4.78, 5) is 12.1. The van der Waals surface area contributed by atoms with Crippen molar-refractivity contribution in [2.75, 3.05) is 5.32 Å². The Balaban J connectivity index is 1.57. The first kappa shape index (κ1) is 18.9. The highest BCUT2D eigenvalue weighted by molar-refractivity contribution is 6.31. The van der Waals surface area contributed by atoms with Crippen molar-refractivity contribution in [1.29, 1.82) is 0 Å². The molecule has 0 unspecified atom stereocenters. The number of carbonyl (C=O) groups is 1. The Morgan fingerprint density at radius 2 is 1.96 bits per heavy atom. The van der Waals surface area contributed by atoms with Crippen LogP contribution in [0, 0.1) is 19.7 Å². The summed E-state index contributed by atoms with van der Waals surface area (Å²) in [6.07, 6.45) is 0.107. The molecule has 0 atom stereocenters. The predicted molar refractivity (Wildman–Crippen MR) is 100 cm³/mol. The molecule has 0 fully saturated rings. The van der Waals surface area contributed by atoms with Gasteiger partial charge in [-0.1, -0.05) is 35.0 Å². The highest BCUT2D eigenvalue weighted by Gasteiger charge is 2.11. The standard InChI is InChI=1S/C20H18ClFN2O3/c1-12-16(13(2)27-24-12)11-26-15-8-6-14(7-9-15)10-19(25)23-18-5-3-4-17(21)20(18)22/h3-9H,10-11H2,1-2H3,(H,23,25). The lowest BCUT2D eigenvalue weighted by Gasteiger charge is -2.09. The van der Waals surface area contributed by atoms with Gasteiger partial charge < -0.3 is 14.6 Å². The van der Waals surface area contributed by atoms with Crippen LogP contribution in [-0.2, 0) is 17.8 Å². The van der Waals surface area contributed by atoms with Gasteiger partial charge in [-0.3, -0.25) is 4.79 Å².